The van der Waals surface area contributed by atoms with Crippen LogP contribution in [-0.4, -0.2) is 8.42 Å². The molecule has 106 valence electrons. The minimum Gasteiger partial charge on any atom is -0.376 e. The summed E-state index contributed by atoms with van der Waals surface area (Å²) in [6.07, 6.45) is 0. The molecule has 0 N–H and O–H groups in total. The molecular weight excluding hydrogens is 378 g/mol. The fourth-order valence-electron chi connectivity index (χ4n) is 1.38. The van der Waals surface area contributed by atoms with Crippen LogP contribution in [0, 0.1) is 11.6 Å². The molecule has 20 heavy (non-hydrogen) atoms. The van der Waals surface area contributed by atoms with E-state index >= 15 is 0 Å². The Hall–Kier alpha value is -1.18. The van der Waals surface area contributed by atoms with Crippen LogP contribution in [-0.2, 0) is 10.1 Å². The second-order valence-corrected chi connectivity index (χ2v) is 6.52. The quantitative estimate of drug-likeness (QED) is 0.748. The lowest BCUT2D eigenvalue weighted by atomic mass is 10.3. The van der Waals surface area contributed by atoms with Gasteiger partial charge in [-0.15, -0.1) is 0 Å². The highest BCUT2D eigenvalue weighted by atomic mass is 79.9. The molecule has 0 unspecified atom stereocenters. The van der Waals surface area contributed by atoms with E-state index in [-0.39, 0.29) is 9.92 Å². The topological polar surface area (TPSA) is 43.4 Å². The third-order valence-electron chi connectivity index (χ3n) is 2.26. The van der Waals surface area contributed by atoms with Crippen LogP contribution in [0.25, 0.3) is 0 Å². The molecule has 0 spiro atoms. The van der Waals surface area contributed by atoms with Gasteiger partial charge in [0.15, 0.2) is 11.6 Å². The largest absolute Gasteiger partial charge is 0.376 e. The van der Waals surface area contributed by atoms with Gasteiger partial charge in [0.2, 0.25) is 0 Å². The second-order valence-electron chi connectivity index (χ2n) is 3.69. The molecule has 0 bridgehead atoms. The molecule has 0 fully saturated rings. The highest BCUT2D eigenvalue weighted by Gasteiger charge is 2.22. The van der Waals surface area contributed by atoms with Crippen molar-refractivity contribution in [3.8, 4) is 5.75 Å². The fraction of sp³-hybridized carbons (Fsp3) is 0. The third kappa shape index (κ3) is 3.28. The average molecular weight is 384 g/mol. The van der Waals surface area contributed by atoms with Crippen LogP contribution in [0.2, 0.25) is 5.02 Å². The summed E-state index contributed by atoms with van der Waals surface area (Å²) in [7, 11) is -4.31. The van der Waals surface area contributed by atoms with E-state index in [1.165, 1.54) is 18.2 Å². The molecule has 0 amide bonds. The first kappa shape index (κ1) is 15.2. The van der Waals surface area contributed by atoms with Gasteiger partial charge in [-0.3, -0.25) is 0 Å². The zero-order chi connectivity index (χ0) is 14.9. The lowest BCUT2D eigenvalue weighted by Crippen LogP contribution is -2.11. The van der Waals surface area contributed by atoms with Crippen molar-refractivity contribution in [2.45, 2.75) is 4.90 Å². The maximum Gasteiger partial charge on any atom is 0.340 e. The Labute approximate surface area is 127 Å². The maximum atomic E-state index is 13.4. The lowest BCUT2D eigenvalue weighted by Gasteiger charge is -2.09. The summed E-state index contributed by atoms with van der Waals surface area (Å²) >= 11 is 8.93. The van der Waals surface area contributed by atoms with Gasteiger partial charge < -0.3 is 4.18 Å². The van der Waals surface area contributed by atoms with E-state index in [1.54, 1.807) is 0 Å². The van der Waals surface area contributed by atoms with Gasteiger partial charge in [-0.05, 0) is 30.3 Å². The molecule has 0 aliphatic heterocycles. The molecule has 2 aromatic rings. The number of hydrogen-bond donors (Lipinski definition) is 0. The van der Waals surface area contributed by atoms with Crippen molar-refractivity contribution < 1.29 is 21.4 Å². The van der Waals surface area contributed by atoms with Gasteiger partial charge in [-0.1, -0.05) is 27.5 Å². The SMILES string of the molecule is O=S(=O)(Oc1ccc(F)cc1F)c1ccc(Br)cc1Cl. The van der Waals surface area contributed by atoms with Crippen molar-refractivity contribution in [2.24, 2.45) is 0 Å². The van der Waals surface area contributed by atoms with Crippen LogP contribution in [0.15, 0.2) is 45.8 Å². The highest BCUT2D eigenvalue weighted by Crippen LogP contribution is 2.28. The van der Waals surface area contributed by atoms with Crippen LogP contribution in [0.5, 0.6) is 5.75 Å². The van der Waals surface area contributed by atoms with Crippen LogP contribution in [0.1, 0.15) is 0 Å². The Morgan fingerprint density at radius 1 is 1.10 bits per heavy atom. The number of halogens is 4. The van der Waals surface area contributed by atoms with E-state index in [4.69, 9.17) is 11.6 Å². The van der Waals surface area contributed by atoms with E-state index in [1.807, 2.05) is 0 Å². The molecule has 0 aliphatic rings. The summed E-state index contributed by atoms with van der Waals surface area (Å²) in [5, 5.41) is -0.0816. The molecular formula is C12H6BrClF2O3S. The first-order valence-corrected chi connectivity index (χ1v) is 7.72. The normalized spacial score (nSPS) is 11.4. The van der Waals surface area contributed by atoms with Crippen LogP contribution in [0.3, 0.4) is 0 Å². The molecule has 0 heterocycles. The molecule has 2 aromatic carbocycles. The van der Waals surface area contributed by atoms with Crippen LogP contribution < -0.4 is 4.18 Å². The number of rotatable bonds is 3. The van der Waals surface area contributed by atoms with Gasteiger partial charge in [0, 0.05) is 10.5 Å². The average Bonchev–Trinajstić information content (AvgIpc) is 2.32. The fourth-order valence-corrected chi connectivity index (χ4v) is 3.33. The minimum absolute atomic E-state index is 0.0816. The molecule has 2 rings (SSSR count). The summed E-state index contributed by atoms with van der Waals surface area (Å²) in [6, 6.07) is 6.31. The van der Waals surface area contributed by atoms with Crippen LogP contribution >= 0.6 is 27.5 Å². The zero-order valence-electron chi connectivity index (χ0n) is 9.61. The Balaban J connectivity index is 2.41. The summed E-state index contributed by atoms with van der Waals surface area (Å²) in [5.41, 5.74) is 0. The predicted molar refractivity (Wildman–Crippen MR) is 73.3 cm³/mol. The smallest absolute Gasteiger partial charge is 0.340 e. The molecule has 3 nitrogen and oxygen atoms in total. The molecule has 0 aliphatic carbocycles. The van der Waals surface area contributed by atoms with E-state index in [2.05, 4.69) is 20.1 Å². The first-order valence-electron chi connectivity index (χ1n) is 5.14. The third-order valence-corrected chi connectivity index (χ3v) is 4.47. The van der Waals surface area contributed by atoms with E-state index in [0.29, 0.717) is 10.5 Å². The Morgan fingerprint density at radius 3 is 2.40 bits per heavy atom. The van der Waals surface area contributed by atoms with Crippen LogP contribution in [0.4, 0.5) is 8.78 Å². The molecule has 8 heteroatoms. The molecule has 0 radical (unpaired) electrons. The van der Waals surface area contributed by atoms with E-state index < -0.39 is 27.5 Å². The van der Waals surface area contributed by atoms with E-state index in [0.717, 1.165) is 12.1 Å². The summed E-state index contributed by atoms with van der Waals surface area (Å²) < 4.78 is 55.3. The van der Waals surface area contributed by atoms with Crippen molar-refractivity contribution >= 4 is 37.6 Å². The molecule has 0 atom stereocenters. The van der Waals surface area contributed by atoms with Crippen molar-refractivity contribution in [1.29, 1.82) is 0 Å². The Morgan fingerprint density at radius 2 is 1.80 bits per heavy atom. The van der Waals surface area contributed by atoms with Gasteiger partial charge in [-0.25, -0.2) is 8.78 Å². The number of hydrogen-bond acceptors (Lipinski definition) is 3. The second kappa shape index (κ2) is 5.67. The Bertz CT molecular complexity index is 765. The minimum atomic E-state index is -4.31. The van der Waals surface area contributed by atoms with Gasteiger partial charge in [0.1, 0.15) is 10.7 Å². The van der Waals surface area contributed by atoms with Gasteiger partial charge in [0.05, 0.1) is 5.02 Å². The van der Waals surface area contributed by atoms with Crippen molar-refractivity contribution in [1.82, 2.24) is 0 Å². The van der Waals surface area contributed by atoms with Gasteiger partial charge >= 0.3 is 10.1 Å². The summed E-state index contributed by atoms with van der Waals surface area (Å²) in [6.45, 7) is 0. The van der Waals surface area contributed by atoms with E-state index in [9.17, 15) is 17.2 Å². The van der Waals surface area contributed by atoms with Crippen molar-refractivity contribution in [3.05, 3.63) is 57.5 Å². The maximum absolute atomic E-state index is 13.4. The standard InChI is InChI=1S/C12H6BrClF2O3S/c13-7-1-4-12(9(14)5-7)20(17,18)19-11-3-2-8(15)6-10(11)16/h1-6H. The number of benzene rings is 2. The monoisotopic (exact) mass is 382 g/mol. The molecule has 0 saturated carbocycles. The molecule has 0 aromatic heterocycles. The van der Waals surface area contributed by atoms with Gasteiger partial charge in [-0.2, -0.15) is 8.42 Å². The lowest BCUT2D eigenvalue weighted by molar-refractivity contribution is 0.457. The van der Waals surface area contributed by atoms with Gasteiger partial charge in [0.25, 0.3) is 0 Å². The summed E-state index contributed by atoms with van der Waals surface area (Å²) in [4.78, 5) is -0.314. The summed E-state index contributed by atoms with van der Waals surface area (Å²) in [5.74, 6) is -2.57. The highest BCUT2D eigenvalue weighted by molar-refractivity contribution is 9.10. The zero-order valence-corrected chi connectivity index (χ0v) is 12.8. The van der Waals surface area contributed by atoms with Crippen molar-refractivity contribution in [3.63, 3.8) is 0 Å². The van der Waals surface area contributed by atoms with Crippen molar-refractivity contribution in [2.75, 3.05) is 0 Å². The first-order chi connectivity index (χ1) is 9.29. The molecule has 0 saturated heterocycles. The Kier molecular flexibility index (Phi) is 4.31. The predicted octanol–water partition coefficient (Wildman–Crippen LogP) is 4.15.